The summed E-state index contributed by atoms with van der Waals surface area (Å²) in [5, 5.41) is 0. The minimum Gasteiger partial charge on any atom is -0.426 e. The van der Waals surface area contributed by atoms with E-state index < -0.39 is 0 Å². The molecule has 0 saturated heterocycles. The molecule has 1 heterocycles. The number of hydrogen-bond acceptors (Lipinski definition) is 2. The largest absolute Gasteiger partial charge is 0.426 e. The third kappa shape index (κ3) is 4.35. The first-order chi connectivity index (χ1) is 11.7. The van der Waals surface area contributed by atoms with Crippen LogP contribution in [-0.4, -0.2) is 5.97 Å². The Morgan fingerprint density at radius 1 is 0.958 bits per heavy atom. The molecule has 1 aliphatic rings. The first-order valence-electron chi connectivity index (χ1n) is 8.85. The highest BCUT2D eigenvalue weighted by Gasteiger charge is 2.16. The van der Waals surface area contributed by atoms with Crippen molar-refractivity contribution in [3.05, 3.63) is 64.7 Å². The molecule has 0 spiro atoms. The predicted molar refractivity (Wildman–Crippen MR) is 99.0 cm³/mol. The van der Waals surface area contributed by atoms with Crippen molar-refractivity contribution in [1.82, 2.24) is 0 Å². The molecule has 24 heavy (non-hydrogen) atoms. The molecule has 2 aromatic rings. The molecule has 0 aromatic heterocycles. The van der Waals surface area contributed by atoms with Crippen molar-refractivity contribution in [3.8, 4) is 5.75 Å². The average Bonchev–Trinajstić information content (AvgIpc) is 2.61. The summed E-state index contributed by atoms with van der Waals surface area (Å²) in [5.41, 5.74) is 4.87. The minimum atomic E-state index is -0.134. The van der Waals surface area contributed by atoms with Crippen LogP contribution in [-0.2, 0) is 17.6 Å². The van der Waals surface area contributed by atoms with Gasteiger partial charge >= 0.3 is 5.97 Å². The fraction of sp³-hybridized carbons (Fsp3) is 0.318. The smallest absolute Gasteiger partial charge is 0.311 e. The van der Waals surface area contributed by atoms with Crippen molar-refractivity contribution >= 4 is 18.1 Å². The molecule has 0 saturated carbocycles. The Morgan fingerprint density at radius 3 is 2.50 bits per heavy atom. The van der Waals surface area contributed by atoms with Crippen LogP contribution in [0.5, 0.6) is 5.75 Å². The lowest BCUT2D eigenvalue weighted by Crippen LogP contribution is -2.15. The molecule has 0 amide bonds. The monoisotopic (exact) mass is 320 g/mol. The summed E-state index contributed by atoms with van der Waals surface area (Å²) in [4.78, 5) is 11.3. The van der Waals surface area contributed by atoms with Gasteiger partial charge in [0.25, 0.3) is 0 Å². The molecular weight excluding hydrogens is 296 g/mol. The van der Waals surface area contributed by atoms with E-state index in [-0.39, 0.29) is 5.97 Å². The fourth-order valence-corrected chi connectivity index (χ4v) is 2.98. The SMILES string of the molecule is CCCCCc1ccc(/C=C/c2ccc3c(c2)CCC(=O)O3)cc1. The van der Waals surface area contributed by atoms with Gasteiger partial charge in [-0.2, -0.15) is 0 Å². The summed E-state index contributed by atoms with van der Waals surface area (Å²) in [6.45, 7) is 2.23. The van der Waals surface area contributed by atoms with Crippen molar-refractivity contribution in [2.75, 3.05) is 0 Å². The van der Waals surface area contributed by atoms with Gasteiger partial charge in [0.2, 0.25) is 0 Å². The number of ether oxygens (including phenoxy) is 1. The van der Waals surface area contributed by atoms with Crippen LogP contribution in [0.4, 0.5) is 0 Å². The first-order valence-corrected chi connectivity index (χ1v) is 8.85. The minimum absolute atomic E-state index is 0.134. The predicted octanol–water partition coefficient (Wildman–Crippen LogP) is 5.44. The standard InChI is InChI=1S/C22H24O2/c1-2-3-4-5-17-6-8-18(9-7-17)10-11-19-12-14-21-20(16-19)13-15-22(23)24-21/h6-12,14,16H,2-5,13,15H2,1H3/b11-10+. The van der Waals surface area contributed by atoms with Gasteiger partial charge in [-0.25, -0.2) is 0 Å². The van der Waals surface area contributed by atoms with Gasteiger partial charge in [0.15, 0.2) is 0 Å². The summed E-state index contributed by atoms with van der Waals surface area (Å²) >= 11 is 0. The first kappa shape index (κ1) is 16.5. The molecule has 2 heteroatoms. The van der Waals surface area contributed by atoms with Crippen molar-refractivity contribution in [2.24, 2.45) is 0 Å². The highest BCUT2D eigenvalue weighted by molar-refractivity contribution is 5.76. The summed E-state index contributed by atoms with van der Waals surface area (Å²) in [7, 11) is 0. The van der Waals surface area contributed by atoms with Gasteiger partial charge in [-0.3, -0.25) is 4.79 Å². The maximum Gasteiger partial charge on any atom is 0.311 e. The molecule has 0 atom stereocenters. The highest BCUT2D eigenvalue weighted by Crippen LogP contribution is 2.26. The molecule has 124 valence electrons. The zero-order valence-electron chi connectivity index (χ0n) is 14.3. The average molecular weight is 320 g/mol. The topological polar surface area (TPSA) is 26.3 Å². The number of benzene rings is 2. The number of unbranched alkanes of at least 4 members (excludes halogenated alkanes) is 2. The van der Waals surface area contributed by atoms with Crippen LogP contribution >= 0.6 is 0 Å². The molecule has 2 aromatic carbocycles. The maximum atomic E-state index is 11.3. The molecule has 0 unspecified atom stereocenters. The zero-order valence-corrected chi connectivity index (χ0v) is 14.3. The second-order valence-electron chi connectivity index (χ2n) is 6.37. The van der Waals surface area contributed by atoms with E-state index in [9.17, 15) is 4.79 Å². The highest BCUT2D eigenvalue weighted by atomic mass is 16.5. The Bertz CT molecular complexity index is 726. The summed E-state index contributed by atoms with van der Waals surface area (Å²) in [5.74, 6) is 0.574. The summed E-state index contributed by atoms with van der Waals surface area (Å²) in [6.07, 6.45) is 10.5. The van der Waals surface area contributed by atoms with Gasteiger partial charge in [0, 0.05) is 0 Å². The van der Waals surface area contributed by atoms with Gasteiger partial charge in [0.1, 0.15) is 5.75 Å². The Balaban J connectivity index is 1.64. The van der Waals surface area contributed by atoms with Gasteiger partial charge in [-0.15, -0.1) is 0 Å². The number of carbonyl (C=O) groups is 1. The number of aryl methyl sites for hydroxylation is 2. The number of carbonyl (C=O) groups excluding carboxylic acids is 1. The zero-order chi connectivity index (χ0) is 16.8. The van der Waals surface area contributed by atoms with Crippen LogP contribution in [0.1, 0.15) is 54.9 Å². The Hall–Kier alpha value is -2.35. The van der Waals surface area contributed by atoms with E-state index in [2.05, 4.69) is 49.4 Å². The Labute approximate surface area is 144 Å². The van der Waals surface area contributed by atoms with Crippen molar-refractivity contribution in [2.45, 2.75) is 45.4 Å². The van der Waals surface area contributed by atoms with Crippen LogP contribution < -0.4 is 4.74 Å². The van der Waals surface area contributed by atoms with Crippen LogP contribution in [0.25, 0.3) is 12.2 Å². The van der Waals surface area contributed by atoms with Crippen LogP contribution in [0.3, 0.4) is 0 Å². The van der Waals surface area contributed by atoms with E-state index in [1.165, 1.54) is 36.8 Å². The van der Waals surface area contributed by atoms with Crippen molar-refractivity contribution in [3.63, 3.8) is 0 Å². The van der Waals surface area contributed by atoms with Gasteiger partial charge < -0.3 is 4.74 Å². The third-order valence-corrected chi connectivity index (χ3v) is 4.42. The third-order valence-electron chi connectivity index (χ3n) is 4.42. The Morgan fingerprint density at radius 2 is 1.71 bits per heavy atom. The van der Waals surface area contributed by atoms with Crippen LogP contribution in [0.2, 0.25) is 0 Å². The fourth-order valence-electron chi connectivity index (χ4n) is 2.98. The van der Waals surface area contributed by atoms with Crippen molar-refractivity contribution < 1.29 is 9.53 Å². The van der Waals surface area contributed by atoms with Gasteiger partial charge in [-0.05, 0) is 53.6 Å². The van der Waals surface area contributed by atoms with E-state index in [0.29, 0.717) is 12.2 Å². The normalized spacial score (nSPS) is 13.8. The lowest BCUT2D eigenvalue weighted by molar-refractivity contribution is -0.135. The number of rotatable bonds is 6. The quantitative estimate of drug-likeness (QED) is 0.306. The molecule has 0 bridgehead atoms. The maximum absolute atomic E-state index is 11.3. The second kappa shape index (κ2) is 7.96. The molecule has 1 aliphatic heterocycles. The molecule has 0 aliphatic carbocycles. The molecule has 0 N–H and O–H groups in total. The van der Waals surface area contributed by atoms with E-state index in [1.54, 1.807) is 0 Å². The second-order valence-corrected chi connectivity index (χ2v) is 6.37. The van der Waals surface area contributed by atoms with Crippen LogP contribution in [0, 0.1) is 0 Å². The number of esters is 1. The lowest BCUT2D eigenvalue weighted by atomic mass is 10.0. The van der Waals surface area contributed by atoms with Gasteiger partial charge in [-0.1, -0.05) is 62.2 Å². The molecule has 0 fully saturated rings. The molecule has 3 rings (SSSR count). The summed E-state index contributed by atoms with van der Waals surface area (Å²) in [6, 6.07) is 14.8. The lowest BCUT2D eigenvalue weighted by Gasteiger charge is -2.15. The van der Waals surface area contributed by atoms with Crippen molar-refractivity contribution in [1.29, 1.82) is 0 Å². The van der Waals surface area contributed by atoms with Gasteiger partial charge in [0.05, 0.1) is 6.42 Å². The van der Waals surface area contributed by atoms with Crippen LogP contribution in [0.15, 0.2) is 42.5 Å². The number of fused-ring (bicyclic) bond motifs is 1. The van der Waals surface area contributed by atoms with E-state index in [1.807, 2.05) is 12.1 Å². The Kier molecular flexibility index (Phi) is 5.47. The van der Waals surface area contributed by atoms with E-state index in [4.69, 9.17) is 4.74 Å². The number of hydrogen-bond donors (Lipinski definition) is 0. The molecular formula is C22H24O2. The molecule has 2 nitrogen and oxygen atoms in total. The summed E-state index contributed by atoms with van der Waals surface area (Å²) < 4.78 is 5.24. The van der Waals surface area contributed by atoms with E-state index in [0.717, 1.165) is 17.5 Å². The molecule has 0 radical (unpaired) electrons. The van der Waals surface area contributed by atoms with E-state index >= 15 is 0 Å².